The van der Waals surface area contributed by atoms with Gasteiger partial charge in [-0.25, -0.2) is 23.6 Å². The Balaban J connectivity index is 1.43. The van der Waals surface area contributed by atoms with Crippen LogP contribution in [0.5, 0.6) is 5.75 Å². The molecule has 2 amide bonds. The van der Waals surface area contributed by atoms with Crippen LogP contribution in [0.4, 0.5) is 9.18 Å². The molecule has 1 aromatic carbocycles. The van der Waals surface area contributed by atoms with Gasteiger partial charge in [0.15, 0.2) is 17.4 Å². The third kappa shape index (κ3) is 11.6. The lowest BCUT2D eigenvalue weighted by Gasteiger charge is -2.27. The maximum atomic E-state index is 14.7. The molecule has 3 rings (SSSR count). The zero-order chi connectivity index (χ0) is 31.4. The van der Waals surface area contributed by atoms with E-state index in [0.717, 1.165) is 6.07 Å². The van der Waals surface area contributed by atoms with Crippen molar-refractivity contribution < 1.29 is 62.2 Å². The number of urea groups is 1. The highest BCUT2D eigenvalue weighted by atomic mass is 19.1. The van der Waals surface area contributed by atoms with Gasteiger partial charge in [-0.05, 0) is 31.5 Å². The molecule has 43 heavy (non-hydrogen) atoms. The topological polar surface area (TPSA) is 191 Å². The highest BCUT2D eigenvalue weighted by Crippen LogP contribution is 2.23. The van der Waals surface area contributed by atoms with Crippen LogP contribution in [0.15, 0.2) is 18.2 Å². The fourth-order valence-electron chi connectivity index (χ4n) is 4.12. The summed E-state index contributed by atoms with van der Waals surface area (Å²) in [5.41, 5.74) is 0.188. The molecular formula is C27H38FN3O12. The van der Waals surface area contributed by atoms with Crippen molar-refractivity contribution >= 4 is 23.9 Å². The van der Waals surface area contributed by atoms with Crippen LogP contribution >= 0.6 is 0 Å². The molecule has 4 N–H and O–H groups in total. The number of nitrogens with one attached hydrogen (secondary N) is 2. The van der Waals surface area contributed by atoms with Crippen LogP contribution in [0.1, 0.15) is 19.4 Å². The number of carboxylic acids is 1. The monoisotopic (exact) mass is 615 g/mol. The van der Waals surface area contributed by atoms with E-state index in [9.17, 15) is 28.7 Å². The molecule has 0 saturated carbocycles. The number of carbonyl (C=O) groups excluding carboxylic acids is 3. The molecule has 2 heterocycles. The minimum Gasteiger partial charge on any atom is -0.488 e. The molecule has 0 aromatic heterocycles. The Morgan fingerprint density at radius 2 is 1.93 bits per heavy atom. The smallest absolute Gasteiger partial charge is 0.418 e. The van der Waals surface area contributed by atoms with E-state index in [1.807, 2.05) is 0 Å². The van der Waals surface area contributed by atoms with E-state index < -0.39 is 47.8 Å². The summed E-state index contributed by atoms with van der Waals surface area (Å²) in [4.78, 5) is 48.9. The van der Waals surface area contributed by atoms with Crippen LogP contribution in [0, 0.1) is 5.82 Å². The molecule has 3 unspecified atom stereocenters. The van der Waals surface area contributed by atoms with Gasteiger partial charge in [0, 0.05) is 39.1 Å². The van der Waals surface area contributed by atoms with Crippen LogP contribution < -0.4 is 15.4 Å². The number of hydrogen-bond acceptors (Lipinski definition) is 12. The number of amides is 2. The number of aliphatic carboxylic acids is 1. The number of aliphatic hydroxyl groups is 1. The first kappa shape index (κ1) is 33.9. The second-order valence-corrected chi connectivity index (χ2v) is 10.2. The van der Waals surface area contributed by atoms with Gasteiger partial charge in [0.1, 0.15) is 25.4 Å². The van der Waals surface area contributed by atoms with Crippen LogP contribution in [0.3, 0.4) is 0 Å². The molecule has 0 spiro atoms. The van der Waals surface area contributed by atoms with Gasteiger partial charge in [-0.3, -0.25) is 0 Å². The SMILES string of the molecule is CC1(C)OCC(COC(=O)C(Cc2ccc(OCC(O)CNCCNC(=O)N3CCOCC3)c(F)c2)OC(=O)C(=O)O)O1. The predicted octanol–water partition coefficient (Wildman–Crippen LogP) is -0.570. The fourth-order valence-corrected chi connectivity index (χ4v) is 4.12. The molecule has 0 aliphatic carbocycles. The second-order valence-electron chi connectivity index (χ2n) is 10.2. The van der Waals surface area contributed by atoms with Crippen molar-refractivity contribution in [3.05, 3.63) is 29.6 Å². The van der Waals surface area contributed by atoms with Gasteiger partial charge < -0.3 is 54.2 Å². The standard InChI is InChI=1S/C27H38FN3O12/c1-27(2)41-16-19(43-27)15-40-24(35)22(42-25(36)23(33)34)12-17-3-4-21(20(28)11-17)39-14-18(32)13-29-5-6-30-26(37)31-7-9-38-10-8-31/h3-4,11,18-19,22,29,32H,5-10,12-16H2,1-2H3,(H,30,37)(H,33,34). The molecule has 2 aliphatic heterocycles. The number of carboxylic acid groups (broad SMARTS) is 1. The lowest BCUT2D eigenvalue weighted by Crippen LogP contribution is -2.47. The Bertz CT molecular complexity index is 1110. The molecule has 16 heteroatoms. The normalized spacial score (nSPS) is 19.3. The van der Waals surface area contributed by atoms with E-state index in [1.54, 1.807) is 18.7 Å². The zero-order valence-corrected chi connectivity index (χ0v) is 24.0. The maximum absolute atomic E-state index is 14.7. The van der Waals surface area contributed by atoms with Gasteiger partial charge in [0.2, 0.25) is 6.10 Å². The minimum atomic E-state index is -1.91. The number of ether oxygens (including phenoxy) is 6. The van der Waals surface area contributed by atoms with Crippen LogP contribution in [-0.2, 0) is 44.5 Å². The van der Waals surface area contributed by atoms with E-state index >= 15 is 0 Å². The largest absolute Gasteiger partial charge is 0.488 e. The summed E-state index contributed by atoms with van der Waals surface area (Å²) in [7, 11) is 0. The number of carbonyl (C=O) groups is 4. The minimum absolute atomic E-state index is 0.126. The predicted molar refractivity (Wildman–Crippen MR) is 144 cm³/mol. The number of morpholine rings is 1. The molecule has 0 bridgehead atoms. The molecule has 15 nitrogen and oxygen atoms in total. The Hall–Kier alpha value is -3.57. The molecule has 3 atom stereocenters. The number of esters is 2. The molecular weight excluding hydrogens is 577 g/mol. The highest BCUT2D eigenvalue weighted by Gasteiger charge is 2.35. The summed E-state index contributed by atoms with van der Waals surface area (Å²) in [5.74, 6) is -6.48. The van der Waals surface area contributed by atoms with Crippen molar-refractivity contribution in [2.24, 2.45) is 0 Å². The summed E-state index contributed by atoms with van der Waals surface area (Å²) in [6.45, 7) is 5.99. The van der Waals surface area contributed by atoms with E-state index in [2.05, 4.69) is 10.6 Å². The Kier molecular flexibility index (Phi) is 12.9. The van der Waals surface area contributed by atoms with Gasteiger partial charge in [0.25, 0.3) is 0 Å². The number of rotatable bonds is 14. The first-order valence-corrected chi connectivity index (χ1v) is 13.8. The summed E-state index contributed by atoms with van der Waals surface area (Å²) >= 11 is 0. The van der Waals surface area contributed by atoms with Crippen molar-refractivity contribution in [3.8, 4) is 5.75 Å². The quantitative estimate of drug-likeness (QED) is 0.118. The number of nitrogens with zero attached hydrogens (tertiary/aromatic N) is 1. The second kappa shape index (κ2) is 16.3. The van der Waals surface area contributed by atoms with Crippen molar-refractivity contribution in [3.63, 3.8) is 0 Å². The summed E-state index contributed by atoms with van der Waals surface area (Å²) in [5, 5.41) is 24.8. The third-order valence-electron chi connectivity index (χ3n) is 6.27. The van der Waals surface area contributed by atoms with Crippen LogP contribution in [0.25, 0.3) is 0 Å². The highest BCUT2D eigenvalue weighted by molar-refractivity contribution is 6.28. The number of halogens is 1. The van der Waals surface area contributed by atoms with Gasteiger partial charge in [-0.1, -0.05) is 6.07 Å². The van der Waals surface area contributed by atoms with Gasteiger partial charge in [0.05, 0.1) is 19.8 Å². The zero-order valence-electron chi connectivity index (χ0n) is 24.0. The number of hydrogen-bond donors (Lipinski definition) is 4. The first-order chi connectivity index (χ1) is 20.4. The third-order valence-corrected chi connectivity index (χ3v) is 6.27. The maximum Gasteiger partial charge on any atom is 0.418 e. The van der Waals surface area contributed by atoms with Gasteiger partial charge in [-0.2, -0.15) is 0 Å². The summed E-state index contributed by atoms with van der Waals surface area (Å²) in [6.07, 6.45) is -3.60. The van der Waals surface area contributed by atoms with Gasteiger partial charge >= 0.3 is 23.9 Å². The van der Waals surface area contributed by atoms with Crippen molar-refractivity contribution in [2.45, 2.75) is 44.4 Å². The summed E-state index contributed by atoms with van der Waals surface area (Å²) in [6, 6.07) is 3.50. The van der Waals surface area contributed by atoms with Crippen molar-refractivity contribution in [1.82, 2.24) is 15.5 Å². The Morgan fingerprint density at radius 1 is 1.19 bits per heavy atom. The number of aliphatic hydroxyl groups excluding tert-OH is 1. The molecule has 2 fully saturated rings. The van der Waals surface area contributed by atoms with Crippen molar-refractivity contribution in [2.75, 3.05) is 65.8 Å². The van der Waals surface area contributed by atoms with E-state index in [-0.39, 0.29) is 50.1 Å². The molecule has 2 saturated heterocycles. The average molecular weight is 616 g/mol. The Labute approximate surface area is 247 Å². The molecule has 2 aliphatic rings. The van der Waals surface area contributed by atoms with Crippen molar-refractivity contribution in [1.29, 1.82) is 0 Å². The van der Waals surface area contributed by atoms with E-state index in [0.29, 0.717) is 39.4 Å². The summed E-state index contributed by atoms with van der Waals surface area (Å²) < 4.78 is 46.1. The van der Waals surface area contributed by atoms with Crippen LogP contribution in [0.2, 0.25) is 0 Å². The lowest BCUT2D eigenvalue weighted by atomic mass is 10.1. The fraction of sp³-hybridized carbons (Fsp3) is 0.630. The molecule has 0 radical (unpaired) electrons. The Morgan fingerprint density at radius 3 is 2.58 bits per heavy atom. The molecule has 240 valence electrons. The number of benzene rings is 1. The lowest BCUT2D eigenvalue weighted by molar-refractivity contribution is -0.178. The van der Waals surface area contributed by atoms with E-state index in [1.165, 1.54) is 12.1 Å². The first-order valence-electron chi connectivity index (χ1n) is 13.8. The average Bonchev–Trinajstić information content (AvgIpc) is 3.33. The van der Waals surface area contributed by atoms with Crippen LogP contribution in [-0.4, -0.2) is 129 Å². The van der Waals surface area contributed by atoms with Gasteiger partial charge in [-0.15, -0.1) is 0 Å². The molecule has 1 aromatic rings. The van der Waals surface area contributed by atoms with E-state index in [4.69, 9.17) is 33.5 Å².